The third kappa shape index (κ3) is 6.42. The van der Waals surface area contributed by atoms with Gasteiger partial charge in [0.1, 0.15) is 0 Å². The average Bonchev–Trinajstić information content (AvgIpc) is 2.43. The molecule has 3 N–H and O–H groups in total. The van der Waals surface area contributed by atoms with Gasteiger partial charge in [0.2, 0.25) is 15.9 Å². The second-order valence-electron chi connectivity index (χ2n) is 6.42. The predicted molar refractivity (Wildman–Crippen MR) is 99.4 cm³/mol. The Balaban J connectivity index is 2.67. The number of carbonyl (C=O) groups excluding carboxylic acids is 1. The van der Waals surface area contributed by atoms with Gasteiger partial charge >= 0.3 is 0 Å². The van der Waals surface area contributed by atoms with Crippen LogP contribution >= 0.6 is 12.2 Å². The number of benzene rings is 1. The molecule has 0 bridgehead atoms. The summed E-state index contributed by atoms with van der Waals surface area (Å²) in [6.07, 6.45) is 0. The summed E-state index contributed by atoms with van der Waals surface area (Å²) in [5.74, 6) is -0.185. The van der Waals surface area contributed by atoms with Gasteiger partial charge in [0, 0.05) is 25.3 Å². The van der Waals surface area contributed by atoms with Crippen LogP contribution in [0.15, 0.2) is 29.2 Å². The SMILES string of the molecule is CN(C)S(=O)(=O)c1cccc(NC(=S)NCC(=O)NC(C)(C)C)c1. The molecule has 0 aliphatic heterocycles. The maximum atomic E-state index is 12.1. The molecule has 0 saturated heterocycles. The van der Waals surface area contributed by atoms with Crippen molar-refractivity contribution in [1.29, 1.82) is 0 Å². The minimum atomic E-state index is -3.52. The lowest BCUT2D eigenvalue weighted by Gasteiger charge is -2.21. The summed E-state index contributed by atoms with van der Waals surface area (Å²) < 4.78 is 25.4. The fourth-order valence-electron chi connectivity index (χ4n) is 1.74. The maximum Gasteiger partial charge on any atom is 0.242 e. The standard InChI is InChI=1S/C15H24N4O3S2/c1-15(2,3)18-13(20)10-16-14(23)17-11-7-6-8-12(9-11)24(21,22)19(4)5/h6-9H,10H2,1-5H3,(H,18,20)(H2,16,17,23). The number of amides is 1. The molecular formula is C15H24N4O3S2. The number of nitrogens with one attached hydrogen (secondary N) is 3. The minimum Gasteiger partial charge on any atom is -0.353 e. The Bertz CT molecular complexity index is 710. The molecule has 0 heterocycles. The first-order chi connectivity index (χ1) is 10.9. The van der Waals surface area contributed by atoms with Crippen molar-refractivity contribution in [3.8, 4) is 0 Å². The molecule has 0 unspecified atom stereocenters. The van der Waals surface area contributed by atoms with E-state index in [0.717, 1.165) is 4.31 Å². The van der Waals surface area contributed by atoms with E-state index in [9.17, 15) is 13.2 Å². The van der Waals surface area contributed by atoms with Gasteiger partial charge in [-0.25, -0.2) is 12.7 Å². The molecule has 134 valence electrons. The smallest absolute Gasteiger partial charge is 0.242 e. The number of nitrogens with zero attached hydrogens (tertiary/aromatic N) is 1. The number of sulfonamides is 1. The Morgan fingerprint density at radius 2 is 1.88 bits per heavy atom. The van der Waals surface area contributed by atoms with Crippen LogP contribution in [0.5, 0.6) is 0 Å². The van der Waals surface area contributed by atoms with Crippen LogP contribution in [0.3, 0.4) is 0 Å². The summed E-state index contributed by atoms with van der Waals surface area (Å²) in [6, 6.07) is 6.30. The molecule has 1 rings (SSSR count). The Hall–Kier alpha value is -1.71. The zero-order valence-corrected chi connectivity index (χ0v) is 16.1. The summed E-state index contributed by atoms with van der Waals surface area (Å²) >= 11 is 5.12. The maximum absolute atomic E-state index is 12.1. The Morgan fingerprint density at radius 1 is 1.25 bits per heavy atom. The Labute approximate surface area is 148 Å². The first-order valence-corrected chi connectivity index (χ1v) is 9.15. The van der Waals surface area contributed by atoms with Gasteiger partial charge in [-0.15, -0.1) is 0 Å². The van der Waals surface area contributed by atoms with Crippen LogP contribution in [0, 0.1) is 0 Å². The van der Waals surface area contributed by atoms with Crippen LogP contribution in [0.4, 0.5) is 5.69 Å². The van der Waals surface area contributed by atoms with Crippen LogP contribution in [-0.4, -0.2) is 49.9 Å². The number of thiocarbonyl (C=S) groups is 1. The topological polar surface area (TPSA) is 90.5 Å². The zero-order valence-electron chi connectivity index (χ0n) is 14.5. The van der Waals surface area contributed by atoms with Gasteiger partial charge in [0.15, 0.2) is 5.11 Å². The second kappa shape index (κ2) is 7.91. The molecule has 7 nitrogen and oxygen atoms in total. The fraction of sp³-hybridized carbons (Fsp3) is 0.467. The quantitative estimate of drug-likeness (QED) is 0.672. The lowest BCUT2D eigenvalue weighted by molar-refractivity contribution is -0.121. The average molecular weight is 373 g/mol. The number of carbonyl (C=O) groups is 1. The third-order valence-corrected chi connectivity index (χ3v) is 4.85. The zero-order chi connectivity index (χ0) is 18.5. The van der Waals surface area contributed by atoms with Crippen molar-refractivity contribution in [2.75, 3.05) is 26.0 Å². The van der Waals surface area contributed by atoms with E-state index in [1.807, 2.05) is 20.8 Å². The molecule has 0 fully saturated rings. The van der Waals surface area contributed by atoms with E-state index in [2.05, 4.69) is 16.0 Å². The van der Waals surface area contributed by atoms with E-state index in [4.69, 9.17) is 12.2 Å². The van der Waals surface area contributed by atoms with Crippen molar-refractivity contribution in [2.45, 2.75) is 31.2 Å². The molecule has 9 heteroatoms. The van der Waals surface area contributed by atoms with Crippen LogP contribution in [0.1, 0.15) is 20.8 Å². The highest BCUT2D eigenvalue weighted by atomic mass is 32.2. The second-order valence-corrected chi connectivity index (χ2v) is 8.98. The van der Waals surface area contributed by atoms with Gasteiger partial charge in [-0.1, -0.05) is 6.07 Å². The van der Waals surface area contributed by atoms with E-state index in [0.29, 0.717) is 5.69 Å². The van der Waals surface area contributed by atoms with Crippen molar-refractivity contribution < 1.29 is 13.2 Å². The van der Waals surface area contributed by atoms with Crippen LogP contribution in [0.25, 0.3) is 0 Å². The molecule has 0 aromatic heterocycles. The summed E-state index contributed by atoms with van der Waals surface area (Å²) in [4.78, 5) is 11.9. The van der Waals surface area contributed by atoms with E-state index in [1.54, 1.807) is 12.1 Å². The number of anilines is 1. The lowest BCUT2D eigenvalue weighted by atomic mass is 10.1. The van der Waals surface area contributed by atoms with Gasteiger partial charge in [-0.2, -0.15) is 0 Å². The predicted octanol–water partition coefficient (Wildman–Crippen LogP) is 1.14. The normalized spacial score (nSPS) is 11.9. The number of hydrogen-bond acceptors (Lipinski definition) is 4. The van der Waals surface area contributed by atoms with Gasteiger partial charge in [-0.05, 0) is 51.2 Å². The molecule has 0 radical (unpaired) electrons. The Kier molecular flexibility index (Phi) is 6.70. The molecule has 0 spiro atoms. The first-order valence-electron chi connectivity index (χ1n) is 7.30. The molecule has 1 amide bonds. The summed E-state index contributed by atoms with van der Waals surface area (Å²) in [5.41, 5.74) is 0.203. The summed E-state index contributed by atoms with van der Waals surface area (Å²) in [7, 11) is -0.580. The van der Waals surface area contributed by atoms with E-state index in [-0.39, 0.29) is 28.0 Å². The van der Waals surface area contributed by atoms with Gasteiger partial charge in [-0.3, -0.25) is 4.79 Å². The van der Waals surface area contributed by atoms with E-state index < -0.39 is 10.0 Å². The summed E-state index contributed by atoms with van der Waals surface area (Å²) in [5, 5.41) is 8.69. The molecule has 1 aromatic rings. The van der Waals surface area contributed by atoms with Gasteiger partial charge < -0.3 is 16.0 Å². The number of hydrogen-bond donors (Lipinski definition) is 3. The van der Waals surface area contributed by atoms with Crippen LogP contribution < -0.4 is 16.0 Å². The van der Waals surface area contributed by atoms with Crippen molar-refractivity contribution in [2.24, 2.45) is 0 Å². The van der Waals surface area contributed by atoms with Gasteiger partial charge in [0.05, 0.1) is 11.4 Å². The van der Waals surface area contributed by atoms with E-state index in [1.165, 1.54) is 26.2 Å². The molecular weight excluding hydrogens is 348 g/mol. The molecule has 0 atom stereocenters. The van der Waals surface area contributed by atoms with Gasteiger partial charge in [0.25, 0.3) is 0 Å². The van der Waals surface area contributed by atoms with E-state index >= 15 is 0 Å². The Morgan fingerprint density at radius 3 is 2.42 bits per heavy atom. The van der Waals surface area contributed by atoms with Crippen molar-refractivity contribution in [1.82, 2.24) is 14.9 Å². The first kappa shape index (κ1) is 20.3. The lowest BCUT2D eigenvalue weighted by Crippen LogP contribution is -2.46. The molecule has 1 aromatic carbocycles. The summed E-state index contributed by atoms with van der Waals surface area (Å²) in [6.45, 7) is 5.69. The van der Waals surface area contributed by atoms with Crippen molar-refractivity contribution >= 4 is 38.9 Å². The molecule has 0 saturated carbocycles. The third-order valence-electron chi connectivity index (χ3n) is 2.79. The number of rotatable bonds is 5. The highest BCUT2D eigenvalue weighted by Crippen LogP contribution is 2.17. The highest BCUT2D eigenvalue weighted by molar-refractivity contribution is 7.89. The minimum absolute atomic E-state index is 0.0266. The monoisotopic (exact) mass is 372 g/mol. The largest absolute Gasteiger partial charge is 0.353 e. The molecule has 0 aliphatic carbocycles. The molecule has 0 aliphatic rings. The fourth-order valence-corrected chi connectivity index (χ4v) is 2.88. The molecule has 24 heavy (non-hydrogen) atoms. The van der Waals surface area contributed by atoms with Crippen molar-refractivity contribution in [3.63, 3.8) is 0 Å². The van der Waals surface area contributed by atoms with Crippen LogP contribution in [0.2, 0.25) is 0 Å². The highest BCUT2D eigenvalue weighted by Gasteiger charge is 2.17. The van der Waals surface area contributed by atoms with Crippen molar-refractivity contribution in [3.05, 3.63) is 24.3 Å². The van der Waals surface area contributed by atoms with Crippen LogP contribution in [-0.2, 0) is 14.8 Å².